The number of nitrogens with one attached hydrogen (secondary N) is 2. The van der Waals surface area contributed by atoms with Crippen LogP contribution in [0.3, 0.4) is 0 Å². The molecule has 1 aromatic rings. The van der Waals surface area contributed by atoms with Crippen LogP contribution in [0.15, 0.2) is 18.2 Å². The van der Waals surface area contributed by atoms with Gasteiger partial charge in [-0.2, -0.15) is 0 Å². The fourth-order valence-corrected chi connectivity index (χ4v) is 1.59. The maximum absolute atomic E-state index is 10.7. The lowest BCUT2D eigenvalue weighted by Gasteiger charge is -2.09. The van der Waals surface area contributed by atoms with Crippen LogP contribution in [0, 0.1) is 0 Å². The van der Waals surface area contributed by atoms with E-state index in [1.54, 1.807) is 18.2 Å². The van der Waals surface area contributed by atoms with Crippen LogP contribution in [0.4, 0.5) is 5.69 Å². The van der Waals surface area contributed by atoms with E-state index in [2.05, 4.69) is 10.6 Å². The van der Waals surface area contributed by atoms with Crippen molar-refractivity contribution >= 4 is 40.5 Å². The molecule has 0 aliphatic carbocycles. The molecule has 1 rings (SSSR count). The molecule has 6 heteroatoms. The second-order valence-electron chi connectivity index (χ2n) is 2.98. The molecule has 86 valence electrons. The summed E-state index contributed by atoms with van der Waals surface area (Å²) in [6.45, 7) is 1.38. The minimum atomic E-state index is -0.225. The lowest BCUT2D eigenvalue weighted by Crippen LogP contribution is -2.32. The van der Waals surface area contributed by atoms with Crippen LogP contribution >= 0.6 is 23.8 Å². The highest BCUT2D eigenvalue weighted by molar-refractivity contribution is 7.80. The first kappa shape index (κ1) is 12.7. The van der Waals surface area contributed by atoms with Gasteiger partial charge in [-0.25, -0.2) is 0 Å². The quantitative estimate of drug-likeness (QED) is 0.799. The lowest BCUT2D eigenvalue weighted by atomic mass is 10.3. The van der Waals surface area contributed by atoms with Crippen molar-refractivity contribution in [3.8, 4) is 5.75 Å². The summed E-state index contributed by atoms with van der Waals surface area (Å²) in [4.78, 5) is 10.7. The van der Waals surface area contributed by atoms with E-state index in [9.17, 15) is 4.79 Å². The molecule has 0 fully saturated rings. The van der Waals surface area contributed by atoms with Crippen LogP contribution in [0.5, 0.6) is 5.75 Å². The van der Waals surface area contributed by atoms with Crippen LogP contribution < -0.4 is 15.4 Å². The number of methoxy groups -OCH3 is 1. The van der Waals surface area contributed by atoms with Crippen LogP contribution in [-0.4, -0.2) is 18.1 Å². The van der Waals surface area contributed by atoms with Gasteiger partial charge in [0, 0.05) is 12.6 Å². The minimum absolute atomic E-state index is 0.225. The van der Waals surface area contributed by atoms with E-state index in [1.807, 2.05) is 0 Å². The predicted molar refractivity (Wildman–Crippen MR) is 68.0 cm³/mol. The minimum Gasteiger partial charge on any atom is -0.495 e. The molecule has 0 radical (unpaired) electrons. The van der Waals surface area contributed by atoms with Crippen LogP contribution in [0.2, 0.25) is 5.02 Å². The molecule has 0 aliphatic rings. The number of halogens is 1. The Morgan fingerprint density at radius 2 is 2.19 bits per heavy atom. The first-order chi connectivity index (χ1) is 7.52. The van der Waals surface area contributed by atoms with E-state index in [0.717, 1.165) is 0 Å². The van der Waals surface area contributed by atoms with Gasteiger partial charge in [0.2, 0.25) is 5.91 Å². The average molecular weight is 259 g/mol. The molecule has 0 unspecified atom stereocenters. The third-order valence-corrected chi connectivity index (χ3v) is 2.20. The number of benzene rings is 1. The van der Waals surface area contributed by atoms with Crippen molar-refractivity contribution in [2.45, 2.75) is 6.92 Å². The molecule has 0 aromatic heterocycles. The normalized spacial score (nSPS) is 9.44. The van der Waals surface area contributed by atoms with Crippen molar-refractivity contribution in [3.05, 3.63) is 23.2 Å². The summed E-state index contributed by atoms with van der Waals surface area (Å²) < 4.78 is 5.01. The number of thiocarbonyl (C=S) groups is 1. The Morgan fingerprint density at radius 3 is 2.69 bits per heavy atom. The highest BCUT2D eigenvalue weighted by Crippen LogP contribution is 2.26. The number of rotatable bonds is 2. The SMILES string of the molecule is COc1ccc(NC(=S)NC(C)=O)cc1Cl. The summed E-state index contributed by atoms with van der Waals surface area (Å²) in [6, 6.07) is 5.12. The van der Waals surface area contributed by atoms with Gasteiger partial charge in [0.05, 0.1) is 12.1 Å². The van der Waals surface area contributed by atoms with Crippen LogP contribution in [0.25, 0.3) is 0 Å². The number of hydrogen-bond donors (Lipinski definition) is 2. The third kappa shape index (κ3) is 3.67. The lowest BCUT2D eigenvalue weighted by molar-refractivity contribution is -0.117. The van der Waals surface area contributed by atoms with Gasteiger partial charge < -0.3 is 15.4 Å². The zero-order chi connectivity index (χ0) is 12.1. The standard InChI is InChI=1S/C10H11ClN2O2S/c1-6(14)12-10(16)13-7-3-4-9(15-2)8(11)5-7/h3-5H,1-2H3,(H2,12,13,14,16). The molecule has 0 saturated heterocycles. The van der Waals surface area contributed by atoms with Crippen molar-refractivity contribution in [3.63, 3.8) is 0 Å². The number of ether oxygens (including phenoxy) is 1. The van der Waals surface area contributed by atoms with Gasteiger partial charge in [0.1, 0.15) is 5.75 Å². The zero-order valence-corrected chi connectivity index (χ0v) is 10.4. The molecule has 1 aromatic carbocycles. The summed E-state index contributed by atoms with van der Waals surface area (Å²) in [6.07, 6.45) is 0. The van der Waals surface area contributed by atoms with Crippen LogP contribution in [0.1, 0.15) is 6.92 Å². The second kappa shape index (κ2) is 5.67. The molecule has 0 bridgehead atoms. The summed E-state index contributed by atoms with van der Waals surface area (Å²) in [5.74, 6) is 0.356. The second-order valence-corrected chi connectivity index (χ2v) is 3.80. The first-order valence-electron chi connectivity index (χ1n) is 4.45. The average Bonchev–Trinajstić information content (AvgIpc) is 2.16. The smallest absolute Gasteiger partial charge is 0.222 e. The van der Waals surface area contributed by atoms with Gasteiger partial charge in [0.15, 0.2) is 5.11 Å². The molecule has 0 aliphatic heterocycles. The van der Waals surface area contributed by atoms with Gasteiger partial charge in [0.25, 0.3) is 0 Å². The highest BCUT2D eigenvalue weighted by atomic mass is 35.5. The Balaban J connectivity index is 2.71. The topological polar surface area (TPSA) is 50.4 Å². The third-order valence-electron chi connectivity index (χ3n) is 1.70. The summed E-state index contributed by atoms with van der Waals surface area (Å²) in [7, 11) is 1.54. The molecule has 0 heterocycles. The van der Waals surface area contributed by atoms with E-state index >= 15 is 0 Å². The van der Waals surface area contributed by atoms with Crippen molar-refractivity contribution in [1.82, 2.24) is 5.32 Å². The summed E-state index contributed by atoms with van der Waals surface area (Å²) in [5.41, 5.74) is 0.685. The van der Waals surface area contributed by atoms with Gasteiger partial charge in [-0.1, -0.05) is 11.6 Å². The molecule has 0 atom stereocenters. The fraction of sp³-hybridized carbons (Fsp3) is 0.200. The molecule has 1 amide bonds. The monoisotopic (exact) mass is 258 g/mol. The van der Waals surface area contributed by atoms with Crippen molar-refractivity contribution < 1.29 is 9.53 Å². The fourth-order valence-electron chi connectivity index (χ4n) is 1.07. The molecule has 16 heavy (non-hydrogen) atoms. The van der Waals surface area contributed by atoms with E-state index in [0.29, 0.717) is 16.5 Å². The number of carbonyl (C=O) groups excluding carboxylic acids is 1. The van der Waals surface area contributed by atoms with Gasteiger partial charge in [-0.15, -0.1) is 0 Å². The van der Waals surface area contributed by atoms with Crippen molar-refractivity contribution in [2.24, 2.45) is 0 Å². The van der Waals surface area contributed by atoms with E-state index in [-0.39, 0.29) is 11.0 Å². The summed E-state index contributed by atoms with van der Waals surface area (Å²) >= 11 is 10.8. The number of amides is 1. The molecule has 0 spiro atoms. The van der Waals surface area contributed by atoms with Gasteiger partial charge in [-0.3, -0.25) is 4.79 Å². The van der Waals surface area contributed by atoms with Crippen molar-refractivity contribution in [2.75, 3.05) is 12.4 Å². The molecular weight excluding hydrogens is 248 g/mol. The molecule has 2 N–H and O–H groups in total. The number of carbonyl (C=O) groups is 1. The predicted octanol–water partition coefficient (Wildman–Crippen LogP) is 2.18. The maximum atomic E-state index is 10.7. The summed E-state index contributed by atoms with van der Waals surface area (Å²) in [5, 5.41) is 5.97. The number of hydrogen-bond acceptors (Lipinski definition) is 3. The van der Waals surface area contributed by atoms with E-state index < -0.39 is 0 Å². The first-order valence-corrected chi connectivity index (χ1v) is 5.23. The van der Waals surface area contributed by atoms with Crippen molar-refractivity contribution in [1.29, 1.82) is 0 Å². The van der Waals surface area contributed by atoms with Gasteiger partial charge in [-0.05, 0) is 30.4 Å². The Kier molecular flexibility index (Phi) is 4.52. The Hall–Kier alpha value is -1.33. The Bertz CT molecular complexity index is 423. The maximum Gasteiger partial charge on any atom is 0.222 e. The highest BCUT2D eigenvalue weighted by Gasteiger charge is 2.03. The van der Waals surface area contributed by atoms with E-state index in [4.69, 9.17) is 28.6 Å². The Morgan fingerprint density at radius 1 is 1.50 bits per heavy atom. The molecular formula is C10H11ClN2O2S. The largest absolute Gasteiger partial charge is 0.495 e. The number of anilines is 1. The molecule has 0 saturated carbocycles. The zero-order valence-electron chi connectivity index (χ0n) is 8.83. The molecule has 4 nitrogen and oxygen atoms in total. The van der Waals surface area contributed by atoms with E-state index in [1.165, 1.54) is 14.0 Å². The van der Waals surface area contributed by atoms with Crippen LogP contribution in [-0.2, 0) is 4.79 Å². The Labute approximate surface area is 104 Å². The van der Waals surface area contributed by atoms with Gasteiger partial charge >= 0.3 is 0 Å².